The van der Waals surface area contributed by atoms with Crippen LogP contribution in [0.25, 0.3) is 0 Å². The van der Waals surface area contributed by atoms with Gasteiger partial charge in [-0.15, -0.1) is 0 Å². The van der Waals surface area contributed by atoms with Crippen LogP contribution in [0.1, 0.15) is 20.8 Å². The van der Waals surface area contributed by atoms with E-state index >= 15 is 0 Å². The molecule has 0 saturated carbocycles. The fourth-order valence-corrected chi connectivity index (χ4v) is 2.25. The number of nitrogens with zero attached hydrogens (tertiary/aromatic N) is 1. The molecule has 0 aromatic heterocycles. The van der Waals surface area contributed by atoms with Crippen molar-refractivity contribution < 1.29 is 19.4 Å². The Kier molecular flexibility index (Phi) is 5.60. The van der Waals surface area contributed by atoms with Crippen molar-refractivity contribution in [1.29, 1.82) is 0 Å². The van der Waals surface area contributed by atoms with Crippen LogP contribution in [0.3, 0.4) is 0 Å². The molecule has 1 aromatic rings. The van der Waals surface area contributed by atoms with Crippen LogP contribution in [0.15, 0.2) is 30.3 Å². The van der Waals surface area contributed by atoms with Crippen LogP contribution >= 0.6 is 0 Å². The van der Waals surface area contributed by atoms with Crippen LogP contribution in [-0.4, -0.2) is 44.8 Å². The number of benzene rings is 1. The van der Waals surface area contributed by atoms with Crippen LogP contribution in [0.4, 0.5) is 10.5 Å². The van der Waals surface area contributed by atoms with Gasteiger partial charge in [0.05, 0.1) is 0 Å². The van der Waals surface area contributed by atoms with Gasteiger partial charge in [0, 0.05) is 0 Å². The second-order valence-electron chi connectivity index (χ2n) is 5.22. The summed E-state index contributed by atoms with van der Waals surface area (Å²) in [5.41, 5.74) is -0.185. The van der Waals surface area contributed by atoms with E-state index in [4.69, 9.17) is 4.74 Å². The fourth-order valence-electron chi connectivity index (χ4n) is 1.58. The third-order valence-electron chi connectivity index (χ3n) is 2.39. The number of hydrogen-bond donors (Lipinski definition) is 1. The quantitative estimate of drug-likeness (QED) is 0.851. The molecule has 0 bridgehead atoms. The Hall–Kier alpha value is -1.52. The van der Waals surface area contributed by atoms with Crippen molar-refractivity contribution in [3.63, 3.8) is 0 Å². The molecular formula is C14H19NO4Se. The summed E-state index contributed by atoms with van der Waals surface area (Å²) in [6.45, 7) is 5.23. The number of ether oxygens (including phenoxy) is 1. The van der Waals surface area contributed by atoms with Crippen LogP contribution < -0.4 is 4.90 Å². The van der Waals surface area contributed by atoms with Gasteiger partial charge >= 0.3 is 126 Å². The molecule has 1 N–H and O–H groups in total. The van der Waals surface area contributed by atoms with E-state index in [-0.39, 0.29) is 5.32 Å². The molecule has 0 aliphatic heterocycles. The number of anilines is 1. The molecule has 0 fully saturated rings. The van der Waals surface area contributed by atoms with Crippen molar-refractivity contribution in [1.82, 2.24) is 0 Å². The molecule has 0 saturated heterocycles. The summed E-state index contributed by atoms with van der Waals surface area (Å²) in [5, 5.41) is 9.53. The van der Waals surface area contributed by atoms with Gasteiger partial charge in [0.2, 0.25) is 0 Å². The monoisotopic (exact) mass is 345 g/mol. The predicted molar refractivity (Wildman–Crippen MR) is 78.5 cm³/mol. The molecule has 0 unspecified atom stereocenters. The van der Waals surface area contributed by atoms with E-state index in [1.54, 1.807) is 51.1 Å². The van der Waals surface area contributed by atoms with Crippen molar-refractivity contribution in [2.75, 3.05) is 4.90 Å². The van der Waals surface area contributed by atoms with Crippen LogP contribution in [0.2, 0.25) is 5.32 Å². The van der Waals surface area contributed by atoms with Gasteiger partial charge in [0.15, 0.2) is 0 Å². The van der Waals surface area contributed by atoms with Gasteiger partial charge in [0.1, 0.15) is 0 Å². The second-order valence-corrected chi connectivity index (χ2v) is 5.99. The third kappa shape index (κ3) is 4.54. The Labute approximate surface area is 126 Å². The molecule has 0 aliphatic rings. The first-order valence-corrected chi connectivity index (χ1v) is 7.50. The van der Waals surface area contributed by atoms with Gasteiger partial charge in [0.25, 0.3) is 0 Å². The van der Waals surface area contributed by atoms with E-state index in [1.807, 2.05) is 0 Å². The molecule has 110 valence electrons. The number of rotatable bonds is 4. The molecule has 1 amide bonds. The number of amides is 1. The number of hydrogen-bond acceptors (Lipinski definition) is 3. The second kappa shape index (κ2) is 6.77. The summed E-state index contributed by atoms with van der Waals surface area (Å²) < 4.78 is 5.30. The first kappa shape index (κ1) is 16.5. The summed E-state index contributed by atoms with van der Waals surface area (Å²) >= 11 is 2.19. The molecule has 0 spiro atoms. The minimum absolute atomic E-state index is 0.233. The van der Waals surface area contributed by atoms with Crippen LogP contribution in [0.5, 0.6) is 0 Å². The normalized spacial score (nSPS) is 12.6. The summed E-state index contributed by atoms with van der Waals surface area (Å²) in [5.74, 6) is -1.07. The first-order chi connectivity index (χ1) is 9.26. The summed E-state index contributed by atoms with van der Waals surface area (Å²) in [7, 11) is 0. The van der Waals surface area contributed by atoms with E-state index in [2.05, 4.69) is 16.0 Å². The van der Waals surface area contributed by atoms with Crippen molar-refractivity contribution in [3.05, 3.63) is 30.3 Å². The number of para-hydroxylation sites is 1. The fraction of sp³-hybridized carbons (Fsp3) is 0.429. The Morgan fingerprint density at radius 2 is 1.85 bits per heavy atom. The number of carbonyl (C=O) groups excluding carboxylic acids is 1. The standard InChI is InChI=1S/C14H19NO4Se/c1-14(2,3)19-13(18)15(11(9-20)12(16)17)10-7-5-4-6-8-10/h4-8,11,20H,9H2,1-3H3,(H,16,17)/t11-/m0/s1. The van der Waals surface area contributed by atoms with Gasteiger partial charge in [-0.2, -0.15) is 0 Å². The minimum atomic E-state index is -1.07. The zero-order chi connectivity index (χ0) is 15.3. The summed E-state index contributed by atoms with van der Waals surface area (Å²) in [4.78, 5) is 24.8. The van der Waals surface area contributed by atoms with Gasteiger partial charge < -0.3 is 0 Å². The predicted octanol–water partition coefficient (Wildman–Crippen LogP) is 2.20. The van der Waals surface area contributed by atoms with E-state index in [1.165, 1.54) is 4.90 Å². The van der Waals surface area contributed by atoms with Gasteiger partial charge in [-0.3, -0.25) is 0 Å². The number of carboxylic acids is 1. The van der Waals surface area contributed by atoms with Crippen molar-refractivity contribution in [3.8, 4) is 0 Å². The van der Waals surface area contributed by atoms with Gasteiger partial charge in [-0.25, -0.2) is 0 Å². The van der Waals surface area contributed by atoms with Crippen LogP contribution in [-0.2, 0) is 9.53 Å². The molecular weight excluding hydrogens is 325 g/mol. The van der Waals surface area contributed by atoms with Crippen molar-refractivity contribution in [2.24, 2.45) is 0 Å². The molecule has 1 rings (SSSR count). The van der Waals surface area contributed by atoms with Crippen LogP contribution in [0, 0.1) is 0 Å². The molecule has 1 atom stereocenters. The summed E-state index contributed by atoms with van der Waals surface area (Å²) in [6, 6.07) is 7.68. The molecule has 20 heavy (non-hydrogen) atoms. The zero-order valence-electron chi connectivity index (χ0n) is 11.7. The summed E-state index contributed by atoms with van der Waals surface area (Å²) in [6.07, 6.45) is -0.665. The Morgan fingerprint density at radius 3 is 2.25 bits per heavy atom. The zero-order valence-corrected chi connectivity index (χ0v) is 13.6. The van der Waals surface area contributed by atoms with Gasteiger partial charge in [-0.05, 0) is 0 Å². The molecule has 1 aromatic carbocycles. The molecule has 6 heteroatoms. The topological polar surface area (TPSA) is 66.8 Å². The molecule has 0 aliphatic carbocycles. The van der Waals surface area contributed by atoms with E-state index in [0.717, 1.165) is 0 Å². The maximum atomic E-state index is 12.3. The maximum absolute atomic E-state index is 12.3. The Bertz CT molecular complexity index is 470. The molecule has 5 nitrogen and oxygen atoms in total. The number of aliphatic carboxylic acids is 1. The van der Waals surface area contributed by atoms with E-state index in [9.17, 15) is 14.7 Å². The molecule has 0 radical (unpaired) electrons. The Morgan fingerprint density at radius 1 is 1.30 bits per heavy atom. The SMILES string of the molecule is CC(C)(C)OC(=O)N(c1ccccc1)[C@@H](C[SeH])C(=O)O. The Balaban J connectivity index is 3.14. The average Bonchev–Trinajstić information content (AvgIpc) is 2.33. The average molecular weight is 344 g/mol. The molecule has 0 heterocycles. The third-order valence-corrected chi connectivity index (χ3v) is 3.12. The van der Waals surface area contributed by atoms with Crippen molar-refractivity contribution in [2.45, 2.75) is 37.7 Å². The number of carbonyl (C=O) groups is 2. The van der Waals surface area contributed by atoms with E-state index < -0.39 is 23.7 Å². The first-order valence-electron chi connectivity index (χ1n) is 6.17. The van der Waals surface area contributed by atoms with E-state index in [0.29, 0.717) is 5.69 Å². The number of carboxylic acid groups (broad SMARTS) is 1. The van der Waals surface area contributed by atoms with Crippen molar-refractivity contribution >= 4 is 33.8 Å². The van der Waals surface area contributed by atoms with Gasteiger partial charge in [-0.1, -0.05) is 0 Å².